The molecule has 0 aromatic carbocycles. The Morgan fingerprint density at radius 2 is 2.11 bits per heavy atom. The second-order valence-electron chi connectivity index (χ2n) is 6.93. The highest BCUT2D eigenvalue weighted by Crippen LogP contribution is 2.45. The number of rotatable bonds is 11. The van der Waals surface area contributed by atoms with E-state index in [-0.39, 0.29) is 25.4 Å². The maximum absolute atomic E-state index is 12.7. The van der Waals surface area contributed by atoms with E-state index in [9.17, 15) is 14.4 Å². The van der Waals surface area contributed by atoms with Crippen molar-refractivity contribution in [3.05, 3.63) is 5.51 Å². The van der Waals surface area contributed by atoms with E-state index in [2.05, 4.69) is 22.4 Å². The molecular formula is C18H27N3O5S. The summed E-state index contributed by atoms with van der Waals surface area (Å²) in [4.78, 5) is 38.1. The Balaban J connectivity index is 2.11. The summed E-state index contributed by atoms with van der Waals surface area (Å²) in [7, 11) is 0. The van der Waals surface area contributed by atoms with Crippen LogP contribution in [0.25, 0.3) is 0 Å². The van der Waals surface area contributed by atoms with Crippen molar-refractivity contribution in [3.63, 3.8) is 0 Å². The van der Waals surface area contributed by atoms with Gasteiger partial charge in [-0.25, -0.2) is 0 Å². The number of nitrogens with one attached hydrogen (secondary N) is 1. The molecule has 1 N–H and O–H groups in total. The standard InChI is InChI=1S/C18H27N3O5S/c1-4-6-7-8-9-18(14(23)25-5-2)11-17(3,26-15(18)24)13(22)10-19-16-21-20-12-27-16/h12H,4-11H2,1-3H3,(H,19,21). The molecule has 0 spiro atoms. The minimum absolute atomic E-state index is 0.000421. The highest BCUT2D eigenvalue weighted by atomic mass is 32.1. The Hall–Kier alpha value is -2.03. The molecule has 1 aromatic heterocycles. The lowest BCUT2D eigenvalue weighted by Gasteiger charge is -2.24. The van der Waals surface area contributed by atoms with Gasteiger partial charge < -0.3 is 14.8 Å². The molecule has 1 aliphatic rings. The molecule has 0 aliphatic carbocycles. The Labute approximate surface area is 163 Å². The van der Waals surface area contributed by atoms with Gasteiger partial charge in [0.1, 0.15) is 5.51 Å². The number of hydrogen-bond donors (Lipinski definition) is 1. The highest BCUT2D eigenvalue weighted by Gasteiger charge is 2.62. The lowest BCUT2D eigenvalue weighted by atomic mass is 9.75. The number of hydrogen-bond acceptors (Lipinski definition) is 9. The molecule has 1 aliphatic heterocycles. The van der Waals surface area contributed by atoms with Crippen molar-refractivity contribution >= 4 is 34.2 Å². The fraction of sp³-hybridized carbons (Fsp3) is 0.722. The normalized spacial score (nSPS) is 24.5. The number of aromatic nitrogens is 2. The Morgan fingerprint density at radius 1 is 1.33 bits per heavy atom. The fourth-order valence-corrected chi connectivity index (χ4v) is 3.75. The summed E-state index contributed by atoms with van der Waals surface area (Å²) in [5, 5.41) is 10.9. The number of esters is 2. The van der Waals surface area contributed by atoms with Crippen LogP contribution in [0.1, 0.15) is 59.3 Å². The zero-order chi connectivity index (χ0) is 19.9. The number of nitrogens with zero attached hydrogens (tertiary/aromatic N) is 2. The molecule has 1 saturated heterocycles. The second kappa shape index (κ2) is 9.25. The molecule has 150 valence electrons. The van der Waals surface area contributed by atoms with Crippen molar-refractivity contribution in [2.24, 2.45) is 5.41 Å². The van der Waals surface area contributed by atoms with Crippen molar-refractivity contribution in [3.8, 4) is 0 Å². The number of carbonyl (C=O) groups is 3. The minimum Gasteiger partial charge on any atom is -0.465 e. The molecular weight excluding hydrogens is 370 g/mol. The smallest absolute Gasteiger partial charge is 0.324 e. The van der Waals surface area contributed by atoms with E-state index in [0.29, 0.717) is 18.0 Å². The van der Waals surface area contributed by atoms with Crippen LogP contribution in [0, 0.1) is 5.41 Å². The monoisotopic (exact) mass is 397 g/mol. The zero-order valence-corrected chi connectivity index (χ0v) is 16.9. The topological polar surface area (TPSA) is 107 Å². The first-order valence-electron chi connectivity index (χ1n) is 9.32. The lowest BCUT2D eigenvalue weighted by molar-refractivity contribution is -0.167. The van der Waals surface area contributed by atoms with Crippen molar-refractivity contribution < 1.29 is 23.9 Å². The first kappa shape index (κ1) is 21.3. The van der Waals surface area contributed by atoms with Crippen LogP contribution in [0.15, 0.2) is 5.51 Å². The number of ether oxygens (including phenoxy) is 2. The lowest BCUT2D eigenvalue weighted by Crippen LogP contribution is -2.41. The van der Waals surface area contributed by atoms with Gasteiger partial charge in [-0.05, 0) is 20.3 Å². The van der Waals surface area contributed by atoms with E-state index in [4.69, 9.17) is 9.47 Å². The van der Waals surface area contributed by atoms with Crippen LogP contribution in [0.5, 0.6) is 0 Å². The van der Waals surface area contributed by atoms with Crippen LogP contribution >= 0.6 is 11.3 Å². The third-order valence-corrected chi connectivity index (χ3v) is 5.47. The fourth-order valence-electron chi connectivity index (χ4n) is 3.31. The van der Waals surface area contributed by atoms with E-state index in [1.54, 1.807) is 19.4 Å². The van der Waals surface area contributed by atoms with Crippen molar-refractivity contribution in [1.29, 1.82) is 0 Å². The van der Waals surface area contributed by atoms with E-state index in [1.165, 1.54) is 11.3 Å². The third-order valence-electron chi connectivity index (χ3n) is 4.82. The third kappa shape index (κ3) is 4.82. The van der Waals surface area contributed by atoms with Gasteiger partial charge in [0.25, 0.3) is 0 Å². The van der Waals surface area contributed by atoms with Gasteiger partial charge in [0.2, 0.25) is 5.13 Å². The number of ketones is 1. The second-order valence-corrected chi connectivity index (χ2v) is 7.76. The van der Waals surface area contributed by atoms with E-state index in [1.807, 2.05) is 0 Å². The number of unbranched alkanes of at least 4 members (excludes halogenated alkanes) is 3. The number of anilines is 1. The molecule has 27 heavy (non-hydrogen) atoms. The summed E-state index contributed by atoms with van der Waals surface area (Å²) < 4.78 is 10.6. The van der Waals surface area contributed by atoms with Crippen LogP contribution in [0.4, 0.5) is 5.13 Å². The molecule has 2 heterocycles. The summed E-state index contributed by atoms with van der Waals surface area (Å²) >= 11 is 1.27. The van der Waals surface area contributed by atoms with E-state index < -0.39 is 23.0 Å². The van der Waals surface area contributed by atoms with Gasteiger partial charge in [0.15, 0.2) is 16.8 Å². The highest BCUT2D eigenvalue weighted by molar-refractivity contribution is 7.13. The average molecular weight is 397 g/mol. The molecule has 1 fully saturated rings. The first-order chi connectivity index (χ1) is 12.9. The van der Waals surface area contributed by atoms with Crippen LogP contribution < -0.4 is 5.32 Å². The molecule has 9 heteroatoms. The molecule has 0 amide bonds. The Bertz CT molecular complexity index is 666. The minimum atomic E-state index is -1.41. The van der Waals surface area contributed by atoms with Gasteiger partial charge >= 0.3 is 11.9 Å². The van der Waals surface area contributed by atoms with Gasteiger partial charge in [-0.1, -0.05) is 43.9 Å². The summed E-state index contributed by atoms with van der Waals surface area (Å²) in [5.41, 5.74) is -1.23. The molecule has 8 nitrogen and oxygen atoms in total. The number of cyclic esters (lactones) is 1. The summed E-state index contributed by atoms with van der Waals surface area (Å²) in [6, 6.07) is 0. The van der Waals surface area contributed by atoms with Gasteiger partial charge in [0, 0.05) is 6.42 Å². The molecule has 0 radical (unpaired) electrons. The van der Waals surface area contributed by atoms with Crippen molar-refractivity contribution in [2.75, 3.05) is 18.5 Å². The van der Waals surface area contributed by atoms with Crippen LogP contribution in [-0.4, -0.2) is 46.7 Å². The SMILES string of the molecule is CCCCCCC1(C(=O)OCC)CC(C)(C(=O)CNc2nncs2)OC1=O. The largest absolute Gasteiger partial charge is 0.465 e. The predicted octanol–water partition coefficient (Wildman–Crippen LogP) is 2.74. The van der Waals surface area contributed by atoms with Gasteiger partial charge in [0.05, 0.1) is 13.2 Å². The summed E-state index contributed by atoms with van der Waals surface area (Å²) in [5.74, 6) is -1.57. The maximum atomic E-state index is 12.7. The predicted molar refractivity (Wildman–Crippen MR) is 100 cm³/mol. The first-order valence-corrected chi connectivity index (χ1v) is 10.2. The quantitative estimate of drug-likeness (QED) is 0.345. The molecule has 1 aromatic rings. The molecule has 0 bridgehead atoms. The molecule has 2 atom stereocenters. The molecule has 2 unspecified atom stereocenters. The number of carbonyl (C=O) groups excluding carboxylic acids is 3. The maximum Gasteiger partial charge on any atom is 0.324 e. The Morgan fingerprint density at radius 3 is 2.74 bits per heavy atom. The summed E-state index contributed by atoms with van der Waals surface area (Å²) in [6.07, 6.45) is 4.02. The average Bonchev–Trinajstić information content (AvgIpc) is 3.24. The zero-order valence-electron chi connectivity index (χ0n) is 16.1. The van der Waals surface area contributed by atoms with Gasteiger partial charge in [-0.2, -0.15) is 0 Å². The summed E-state index contributed by atoms with van der Waals surface area (Å²) in [6.45, 7) is 5.45. The number of Topliss-reactive ketones (excluding diaryl/α,β-unsaturated/α-hetero) is 1. The van der Waals surface area contributed by atoms with E-state index in [0.717, 1.165) is 19.3 Å². The Kier molecular flexibility index (Phi) is 7.29. The van der Waals surface area contributed by atoms with Crippen LogP contribution in [0.2, 0.25) is 0 Å². The van der Waals surface area contributed by atoms with Crippen LogP contribution in [-0.2, 0) is 23.9 Å². The van der Waals surface area contributed by atoms with Crippen molar-refractivity contribution in [2.45, 2.75) is 64.9 Å². The van der Waals surface area contributed by atoms with E-state index >= 15 is 0 Å². The van der Waals surface area contributed by atoms with Gasteiger partial charge in [-0.3, -0.25) is 14.4 Å². The molecule has 0 saturated carbocycles. The molecule has 2 rings (SSSR count). The van der Waals surface area contributed by atoms with Gasteiger partial charge in [-0.15, -0.1) is 10.2 Å². The van der Waals surface area contributed by atoms with Crippen LogP contribution in [0.3, 0.4) is 0 Å². The van der Waals surface area contributed by atoms with Crippen molar-refractivity contribution in [1.82, 2.24) is 10.2 Å².